The summed E-state index contributed by atoms with van der Waals surface area (Å²) in [7, 11) is 0. The zero-order chi connectivity index (χ0) is 24.6. The molecule has 0 saturated carbocycles. The molecule has 0 aromatic rings. The lowest BCUT2D eigenvalue weighted by molar-refractivity contribution is -0.929. The zero-order valence-electron chi connectivity index (χ0n) is 20.6. The number of allylic oxidation sites excluding steroid dienone is 2. The number of hydrogen-bond donors (Lipinski definition) is 2. The first-order valence-corrected chi connectivity index (χ1v) is 12.2. The number of aliphatic carboxylic acids is 3. The minimum atomic E-state index is -1.08. The Morgan fingerprint density at radius 3 is 1.66 bits per heavy atom. The summed E-state index contributed by atoms with van der Waals surface area (Å²) in [5.41, 5.74) is 0. The minimum absolute atomic E-state index is 0.438. The van der Waals surface area contributed by atoms with Crippen molar-refractivity contribution < 1.29 is 34.2 Å². The highest BCUT2D eigenvalue weighted by Gasteiger charge is 2.30. The van der Waals surface area contributed by atoms with Gasteiger partial charge in [-0.15, -0.1) is 0 Å². The second-order valence-corrected chi connectivity index (χ2v) is 9.38. The zero-order valence-corrected chi connectivity index (χ0v) is 20.6. The number of carboxylic acid groups (broad SMARTS) is 3. The van der Waals surface area contributed by atoms with E-state index in [0.29, 0.717) is 43.4 Å². The molecule has 0 fully saturated rings. The van der Waals surface area contributed by atoms with Crippen molar-refractivity contribution in [2.45, 2.75) is 85.5 Å². The first kappa shape index (κ1) is 30.1. The van der Waals surface area contributed by atoms with Crippen LogP contribution in [-0.2, 0) is 14.4 Å². The monoisotopic (exact) mass is 455 g/mol. The largest absolute Gasteiger partial charge is 0.550 e. The molecule has 0 saturated heterocycles. The van der Waals surface area contributed by atoms with E-state index < -0.39 is 35.7 Å². The van der Waals surface area contributed by atoms with Crippen molar-refractivity contribution in [3.05, 3.63) is 12.2 Å². The Kier molecular flexibility index (Phi) is 15.7. The molecule has 0 aromatic carbocycles. The molecule has 0 amide bonds. The van der Waals surface area contributed by atoms with E-state index in [1.54, 1.807) is 20.8 Å². The van der Waals surface area contributed by atoms with Crippen LogP contribution in [0.5, 0.6) is 0 Å². The molecule has 3 atom stereocenters. The van der Waals surface area contributed by atoms with E-state index in [9.17, 15) is 29.7 Å². The number of rotatable bonds is 20. The Hall–Kier alpha value is -1.89. The van der Waals surface area contributed by atoms with Crippen LogP contribution in [0.1, 0.15) is 85.5 Å². The van der Waals surface area contributed by atoms with Gasteiger partial charge in [0, 0.05) is 31.1 Å². The van der Waals surface area contributed by atoms with Gasteiger partial charge >= 0.3 is 11.9 Å². The second kappa shape index (κ2) is 16.7. The van der Waals surface area contributed by atoms with Crippen LogP contribution < -0.4 is 5.11 Å². The lowest BCUT2D eigenvalue weighted by Crippen LogP contribution is -2.52. The number of carboxylic acids is 3. The quantitative estimate of drug-likeness (QED) is 0.164. The fourth-order valence-corrected chi connectivity index (χ4v) is 3.79. The van der Waals surface area contributed by atoms with Gasteiger partial charge < -0.3 is 24.6 Å². The number of quaternary nitrogens is 1. The number of carbonyl (C=O) groups excluding carboxylic acids is 1. The van der Waals surface area contributed by atoms with Crippen LogP contribution in [0.25, 0.3) is 0 Å². The van der Waals surface area contributed by atoms with Crippen molar-refractivity contribution >= 4 is 17.9 Å². The third-order valence-corrected chi connectivity index (χ3v) is 6.51. The molecule has 2 N–H and O–H groups in total. The second-order valence-electron chi connectivity index (χ2n) is 9.38. The van der Waals surface area contributed by atoms with E-state index in [2.05, 4.69) is 19.1 Å². The molecule has 0 heterocycles. The van der Waals surface area contributed by atoms with E-state index in [1.807, 2.05) is 0 Å². The Labute approximate surface area is 194 Å². The Bertz CT molecular complexity index is 529. The predicted octanol–water partition coefficient (Wildman–Crippen LogP) is 3.72. The highest BCUT2D eigenvalue weighted by atomic mass is 16.4. The van der Waals surface area contributed by atoms with Crippen LogP contribution in [0.2, 0.25) is 0 Å². The standard InChI is InChI=1S/C25H45NO6/c1-5-6-7-8-9-10-11-12-16-26(17-13-20(2)23(27)28,18-14-21(3)24(29)30)19-15-22(4)25(31)32/h6-7,20-22H,5,8-19H2,1-4H3,(H2-,27,28,29,30,31,32)/b7-6+. The van der Waals surface area contributed by atoms with Gasteiger partial charge in [-0.3, -0.25) is 9.59 Å². The molecule has 3 unspecified atom stereocenters. The van der Waals surface area contributed by atoms with Crippen LogP contribution in [0.4, 0.5) is 0 Å². The molecule has 0 aromatic heterocycles. The van der Waals surface area contributed by atoms with E-state index in [4.69, 9.17) is 0 Å². The van der Waals surface area contributed by atoms with Crippen molar-refractivity contribution in [3.63, 3.8) is 0 Å². The van der Waals surface area contributed by atoms with Gasteiger partial charge in [-0.05, 0) is 32.1 Å². The average Bonchev–Trinajstić information content (AvgIpc) is 2.75. The maximum absolute atomic E-state index is 11.4. The highest BCUT2D eigenvalue weighted by molar-refractivity contribution is 5.69. The number of carbonyl (C=O) groups is 3. The maximum atomic E-state index is 11.4. The molecule has 0 aliphatic heterocycles. The summed E-state index contributed by atoms with van der Waals surface area (Å²) in [5, 5.41) is 29.9. The fraction of sp³-hybridized carbons (Fsp3) is 0.800. The molecular weight excluding hydrogens is 410 g/mol. The Balaban J connectivity index is 5.24. The topological polar surface area (TPSA) is 115 Å². The van der Waals surface area contributed by atoms with Gasteiger partial charge in [-0.1, -0.05) is 46.3 Å². The summed E-state index contributed by atoms with van der Waals surface area (Å²) in [5.74, 6) is -4.34. The van der Waals surface area contributed by atoms with Crippen LogP contribution in [0, 0.1) is 17.8 Å². The van der Waals surface area contributed by atoms with Crippen LogP contribution >= 0.6 is 0 Å². The third-order valence-electron chi connectivity index (χ3n) is 6.51. The summed E-state index contributed by atoms with van der Waals surface area (Å²) in [4.78, 5) is 34.0. The summed E-state index contributed by atoms with van der Waals surface area (Å²) < 4.78 is 0.572. The van der Waals surface area contributed by atoms with E-state index in [-0.39, 0.29) is 0 Å². The lowest BCUT2D eigenvalue weighted by atomic mass is 10.0. The molecule has 32 heavy (non-hydrogen) atoms. The molecule has 0 rings (SSSR count). The summed E-state index contributed by atoms with van der Waals surface area (Å²) in [6.45, 7) is 9.74. The van der Waals surface area contributed by atoms with Crippen molar-refractivity contribution in [1.29, 1.82) is 0 Å². The summed E-state index contributed by atoms with van der Waals surface area (Å²) in [6.07, 6.45) is 12.2. The molecule has 7 heteroatoms. The van der Waals surface area contributed by atoms with Gasteiger partial charge in [-0.2, -0.15) is 0 Å². The van der Waals surface area contributed by atoms with Crippen molar-refractivity contribution in [3.8, 4) is 0 Å². The predicted molar refractivity (Wildman–Crippen MR) is 124 cm³/mol. The molecule has 7 nitrogen and oxygen atoms in total. The van der Waals surface area contributed by atoms with E-state index in [1.165, 1.54) is 0 Å². The van der Waals surface area contributed by atoms with Crippen molar-refractivity contribution in [1.82, 2.24) is 0 Å². The highest BCUT2D eigenvalue weighted by Crippen LogP contribution is 2.21. The van der Waals surface area contributed by atoms with Gasteiger partial charge in [0.05, 0.1) is 38.0 Å². The van der Waals surface area contributed by atoms with Gasteiger partial charge in [0.25, 0.3) is 0 Å². The molecule has 0 aliphatic rings. The average molecular weight is 456 g/mol. The summed E-state index contributed by atoms with van der Waals surface area (Å²) in [6, 6.07) is 0. The lowest BCUT2D eigenvalue weighted by Gasteiger charge is -2.41. The molecule has 0 spiro atoms. The molecule has 0 aliphatic carbocycles. The van der Waals surface area contributed by atoms with Crippen LogP contribution in [-0.4, -0.2) is 58.8 Å². The van der Waals surface area contributed by atoms with Crippen molar-refractivity contribution in [2.24, 2.45) is 17.8 Å². The SMILES string of the molecule is CC/C=C/CCCCCC[N+](CCC(C)C(=O)[O-])(CCC(C)C(=O)O)CCC(C)C(=O)O. The number of nitrogens with zero attached hydrogens (tertiary/aromatic N) is 1. The Morgan fingerprint density at radius 2 is 1.22 bits per heavy atom. The first-order valence-electron chi connectivity index (χ1n) is 12.2. The maximum Gasteiger partial charge on any atom is 0.306 e. The van der Waals surface area contributed by atoms with Gasteiger partial charge in [0.15, 0.2) is 0 Å². The molecule has 186 valence electrons. The number of hydrogen-bond acceptors (Lipinski definition) is 4. The smallest absolute Gasteiger partial charge is 0.306 e. The molecule has 0 bridgehead atoms. The first-order chi connectivity index (χ1) is 15.0. The van der Waals surface area contributed by atoms with Crippen LogP contribution in [0.3, 0.4) is 0 Å². The third kappa shape index (κ3) is 13.5. The fourth-order valence-electron chi connectivity index (χ4n) is 3.79. The Morgan fingerprint density at radius 1 is 0.750 bits per heavy atom. The van der Waals surface area contributed by atoms with E-state index >= 15 is 0 Å². The molecule has 0 radical (unpaired) electrons. The van der Waals surface area contributed by atoms with Gasteiger partial charge in [0.1, 0.15) is 0 Å². The van der Waals surface area contributed by atoms with Crippen LogP contribution in [0.15, 0.2) is 12.2 Å². The van der Waals surface area contributed by atoms with E-state index in [0.717, 1.165) is 45.1 Å². The minimum Gasteiger partial charge on any atom is -0.550 e. The number of unbranched alkanes of at least 4 members (excludes halogenated alkanes) is 4. The van der Waals surface area contributed by atoms with Crippen molar-refractivity contribution in [2.75, 3.05) is 26.2 Å². The van der Waals surface area contributed by atoms with Gasteiger partial charge in [0.2, 0.25) is 0 Å². The normalized spacial score (nSPS) is 16.4. The summed E-state index contributed by atoms with van der Waals surface area (Å²) >= 11 is 0. The van der Waals surface area contributed by atoms with Gasteiger partial charge in [-0.25, -0.2) is 0 Å². The molecular formula is C25H45NO6.